The number of hydrogen-bond acceptors (Lipinski definition) is 6. The molecule has 0 amide bonds. The fraction of sp³-hybridized carbons (Fsp3) is 0.316. The van der Waals surface area contributed by atoms with E-state index in [1.165, 1.54) is 5.56 Å². The summed E-state index contributed by atoms with van der Waals surface area (Å²) in [5, 5.41) is 8.31. The molecule has 0 aliphatic rings. The molecule has 0 aliphatic carbocycles. The first-order valence-corrected chi connectivity index (χ1v) is 9.27. The first-order valence-electron chi connectivity index (χ1n) is 8.29. The van der Waals surface area contributed by atoms with Crippen molar-refractivity contribution in [1.82, 2.24) is 15.1 Å². The molecule has 2 heterocycles. The second-order valence-corrected chi connectivity index (χ2v) is 7.03. The lowest BCUT2D eigenvalue weighted by Crippen LogP contribution is -2.12. The van der Waals surface area contributed by atoms with E-state index in [9.17, 15) is 0 Å². The van der Waals surface area contributed by atoms with Crippen LogP contribution >= 0.6 is 11.8 Å². The Hall–Kier alpha value is -2.34. The average Bonchev–Trinajstić information content (AvgIpc) is 2.98. The molecule has 2 aromatic heterocycles. The molecular formula is C19H22N4OS. The zero-order valence-corrected chi connectivity index (χ0v) is 15.5. The summed E-state index contributed by atoms with van der Waals surface area (Å²) in [4.78, 5) is 8.93. The molecule has 3 rings (SSSR count). The van der Waals surface area contributed by atoms with Crippen LogP contribution in [0.2, 0.25) is 0 Å². The third kappa shape index (κ3) is 4.60. The van der Waals surface area contributed by atoms with Crippen molar-refractivity contribution in [2.75, 3.05) is 11.9 Å². The van der Waals surface area contributed by atoms with Gasteiger partial charge < -0.3 is 9.84 Å². The van der Waals surface area contributed by atoms with Gasteiger partial charge in [0.05, 0.1) is 18.1 Å². The van der Waals surface area contributed by atoms with Crippen LogP contribution in [0.25, 0.3) is 0 Å². The van der Waals surface area contributed by atoms with Gasteiger partial charge in [-0.2, -0.15) is 0 Å². The molecule has 0 fully saturated rings. The number of rotatable bonds is 7. The Kier molecular flexibility index (Phi) is 5.71. The Labute approximate surface area is 152 Å². The lowest BCUT2D eigenvalue weighted by atomic mass is 10.00. The summed E-state index contributed by atoms with van der Waals surface area (Å²) in [5.74, 6) is 2.84. The smallest absolute Gasteiger partial charge is 0.145 e. The van der Waals surface area contributed by atoms with Crippen LogP contribution in [0.5, 0.6) is 0 Å². The quantitative estimate of drug-likeness (QED) is 0.626. The van der Waals surface area contributed by atoms with Crippen molar-refractivity contribution in [1.29, 1.82) is 0 Å². The first kappa shape index (κ1) is 17.5. The van der Waals surface area contributed by atoms with E-state index in [-0.39, 0.29) is 5.92 Å². The topological polar surface area (TPSA) is 63.8 Å². The van der Waals surface area contributed by atoms with Crippen LogP contribution in [0, 0.1) is 13.8 Å². The molecule has 0 saturated heterocycles. The summed E-state index contributed by atoms with van der Waals surface area (Å²) in [7, 11) is 0. The van der Waals surface area contributed by atoms with Gasteiger partial charge in [0.1, 0.15) is 16.6 Å². The van der Waals surface area contributed by atoms with Gasteiger partial charge in [-0.25, -0.2) is 4.98 Å². The van der Waals surface area contributed by atoms with Gasteiger partial charge in [-0.05, 0) is 19.4 Å². The van der Waals surface area contributed by atoms with Crippen LogP contribution in [-0.2, 0) is 5.75 Å². The monoisotopic (exact) mass is 354 g/mol. The highest BCUT2D eigenvalue weighted by Gasteiger charge is 2.16. The molecule has 5 nitrogen and oxygen atoms in total. The minimum atomic E-state index is 0.286. The van der Waals surface area contributed by atoms with E-state index in [4.69, 9.17) is 4.52 Å². The third-order valence-electron chi connectivity index (χ3n) is 4.01. The van der Waals surface area contributed by atoms with Crippen LogP contribution in [-0.4, -0.2) is 21.7 Å². The summed E-state index contributed by atoms with van der Waals surface area (Å²) in [6.07, 6.45) is 3.56. The molecule has 6 heteroatoms. The van der Waals surface area contributed by atoms with Gasteiger partial charge in [0.25, 0.3) is 0 Å². The van der Waals surface area contributed by atoms with Gasteiger partial charge >= 0.3 is 0 Å². The highest BCUT2D eigenvalue weighted by Crippen LogP contribution is 2.24. The van der Waals surface area contributed by atoms with Gasteiger partial charge in [0.2, 0.25) is 0 Å². The molecule has 0 radical (unpaired) electrons. The fourth-order valence-corrected chi connectivity index (χ4v) is 3.59. The summed E-state index contributed by atoms with van der Waals surface area (Å²) < 4.78 is 5.25. The molecule has 0 spiro atoms. The number of aromatic nitrogens is 3. The molecular weight excluding hydrogens is 332 g/mol. The second-order valence-electron chi connectivity index (χ2n) is 6.04. The lowest BCUT2D eigenvalue weighted by Gasteiger charge is -2.13. The number of anilines is 1. The minimum absolute atomic E-state index is 0.286. The maximum Gasteiger partial charge on any atom is 0.145 e. The highest BCUT2D eigenvalue weighted by atomic mass is 32.2. The fourth-order valence-electron chi connectivity index (χ4n) is 2.79. The minimum Gasteiger partial charge on any atom is -0.368 e. The van der Waals surface area contributed by atoms with Crippen LogP contribution < -0.4 is 5.32 Å². The molecule has 1 aromatic carbocycles. The largest absolute Gasteiger partial charge is 0.368 e. The Morgan fingerprint density at radius 1 is 1.16 bits per heavy atom. The van der Waals surface area contributed by atoms with Gasteiger partial charge in [-0.1, -0.05) is 42.4 Å². The van der Waals surface area contributed by atoms with Gasteiger partial charge in [-0.15, -0.1) is 11.8 Å². The SMILES string of the molecule is Cc1noc(C)c1C(C)CNc1cncc(SCc2ccccc2)n1. The number of nitrogens with zero attached hydrogens (tertiary/aromatic N) is 3. The van der Waals surface area contributed by atoms with Gasteiger partial charge in [0, 0.05) is 23.8 Å². The van der Waals surface area contributed by atoms with Crippen LogP contribution in [0.1, 0.15) is 35.4 Å². The van der Waals surface area contributed by atoms with Crippen LogP contribution in [0.15, 0.2) is 52.3 Å². The Morgan fingerprint density at radius 2 is 1.96 bits per heavy atom. The van der Waals surface area contributed by atoms with Crippen molar-refractivity contribution >= 4 is 17.6 Å². The zero-order chi connectivity index (χ0) is 17.6. The predicted molar refractivity (Wildman–Crippen MR) is 101 cm³/mol. The summed E-state index contributed by atoms with van der Waals surface area (Å²) in [5.41, 5.74) is 3.39. The maximum absolute atomic E-state index is 5.25. The second kappa shape index (κ2) is 8.16. The maximum atomic E-state index is 5.25. The van der Waals surface area contributed by atoms with E-state index in [1.54, 1.807) is 24.2 Å². The molecule has 0 aliphatic heterocycles. The van der Waals surface area contributed by atoms with E-state index < -0.39 is 0 Å². The Bertz CT molecular complexity index is 800. The van der Waals surface area contributed by atoms with Crippen molar-refractivity contribution < 1.29 is 4.52 Å². The standard InChI is InChI=1S/C19H22N4OS/c1-13(19-14(2)23-24-15(19)3)9-21-17-10-20-11-18(22-17)25-12-16-7-5-4-6-8-16/h4-8,10-11,13H,9,12H2,1-3H3,(H,21,22). The van der Waals surface area contributed by atoms with E-state index in [2.05, 4.69) is 51.6 Å². The van der Waals surface area contributed by atoms with Crippen molar-refractivity contribution in [2.45, 2.75) is 37.5 Å². The number of nitrogens with one attached hydrogen (secondary N) is 1. The molecule has 3 aromatic rings. The zero-order valence-electron chi connectivity index (χ0n) is 14.7. The molecule has 1 unspecified atom stereocenters. The van der Waals surface area contributed by atoms with Crippen LogP contribution in [0.3, 0.4) is 0 Å². The van der Waals surface area contributed by atoms with E-state index >= 15 is 0 Å². The van der Waals surface area contributed by atoms with E-state index in [1.807, 2.05) is 19.9 Å². The predicted octanol–water partition coefficient (Wildman–Crippen LogP) is 4.59. The Morgan fingerprint density at radius 3 is 2.68 bits per heavy atom. The summed E-state index contributed by atoms with van der Waals surface area (Å²) in [6.45, 7) is 6.83. The summed E-state index contributed by atoms with van der Waals surface area (Å²) in [6, 6.07) is 10.4. The van der Waals surface area contributed by atoms with Gasteiger partial charge in [-0.3, -0.25) is 4.98 Å². The van der Waals surface area contributed by atoms with Crippen LogP contribution in [0.4, 0.5) is 5.82 Å². The van der Waals surface area contributed by atoms with E-state index in [0.29, 0.717) is 0 Å². The average molecular weight is 354 g/mol. The Balaban J connectivity index is 1.58. The molecule has 25 heavy (non-hydrogen) atoms. The van der Waals surface area contributed by atoms with Gasteiger partial charge in [0.15, 0.2) is 0 Å². The normalized spacial score (nSPS) is 12.1. The molecule has 0 saturated carbocycles. The lowest BCUT2D eigenvalue weighted by molar-refractivity contribution is 0.391. The number of aryl methyl sites for hydroxylation is 2. The molecule has 1 N–H and O–H groups in total. The van der Waals surface area contributed by atoms with Crippen molar-refractivity contribution in [3.05, 3.63) is 65.3 Å². The van der Waals surface area contributed by atoms with E-state index in [0.717, 1.165) is 40.2 Å². The molecule has 130 valence electrons. The first-order chi connectivity index (χ1) is 12.1. The highest BCUT2D eigenvalue weighted by molar-refractivity contribution is 7.98. The van der Waals surface area contributed by atoms with Crippen molar-refractivity contribution in [3.8, 4) is 0 Å². The number of benzene rings is 1. The van der Waals surface area contributed by atoms with Crippen molar-refractivity contribution in [3.63, 3.8) is 0 Å². The summed E-state index contributed by atoms with van der Waals surface area (Å²) >= 11 is 1.69. The molecule has 0 bridgehead atoms. The number of hydrogen-bond donors (Lipinski definition) is 1. The van der Waals surface area contributed by atoms with Crippen molar-refractivity contribution in [2.24, 2.45) is 0 Å². The number of thioether (sulfide) groups is 1. The third-order valence-corrected chi connectivity index (χ3v) is 4.98. The molecule has 1 atom stereocenters.